The number of fused-ring (bicyclic) bond motifs is 1. The second-order valence-electron chi connectivity index (χ2n) is 6.16. The van der Waals surface area contributed by atoms with E-state index in [4.69, 9.17) is 27.9 Å². The minimum atomic E-state index is -0.951. The van der Waals surface area contributed by atoms with E-state index in [-0.39, 0.29) is 5.56 Å². The number of aromatic carboxylic acids is 1. The van der Waals surface area contributed by atoms with Gasteiger partial charge in [0.05, 0.1) is 28.5 Å². The third kappa shape index (κ3) is 3.46. The quantitative estimate of drug-likeness (QED) is 0.596. The highest BCUT2D eigenvalue weighted by Crippen LogP contribution is 2.42. The molecule has 0 saturated carbocycles. The van der Waals surface area contributed by atoms with Crippen molar-refractivity contribution >= 4 is 40.5 Å². The van der Waals surface area contributed by atoms with Crippen molar-refractivity contribution < 1.29 is 14.6 Å². The summed E-state index contributed by atoms with van der Waals surface area (Å²) in [5.74, 6) is -0.196. The summed E-state index contributed by atoms with van der Waals surface area (Å²) in [4.78, 5) is 13.4. The number of rotatable bonds is 3. The molecule has 0 radical (unpaired) electrons. The van der Waals surface area contributed by atoms with Gasteiger partial charge in [0.25, 0.3) is 0 Å². The minimum absolute atomic E-state index is 0.249. The molecule has 0 spiro atoms. The average molecular weight is 400 g/mol. The standard InChI is InChI=1S/C21H15Cl2NO3/c22-16-5-6-18(17(23)12-16)24-8-9-27-20-7-4-14(11-19(20)24)13-2-1-3-15(10-13)21(25)26/h1-7,10-12H,8-9H2,(H,25,26). The molecule has 0 unspecified atom stereocenters. The normalized spacial score (nSPS) is 13.0. The molecule has 1 aliphatic heterocycles. The Morgan fingerprint density at radius 2 is 1.78 bits per heavy atom. The first-order chi connectivity index (χ1) is 13.0. The zero-order chi connectivity index (χ0) is 19.0. The van der Waals surface area contributed by atoms with Crippen molar-refractivity contribution in [3.05, 3.63) is 76.3 Å². The van der Waals surface area contributed by atoms with Crippen molar-refractivity contribution in [2.75, 3.05) is 18.1 Å². The molecule has 1 aliphatic rings. The second-order valence-corrected chi connectivity index (χ2v) is 7.01. The number of hydrogen-bond acceptors (Lipinski definition) is 3. The zero-order valence-corrected chi connectivity index (χ0v) is 15.7. The van der Waals surface area contributed by atoms with Gasteiger partial charge in [0.1, 0.15) is 12.4 Å². The number of carboxylic acids is 1. The minimum Gasteiger partial charge on any atom is -0.490 e. The van der Waals surface area contributed by atoms with Gasteiger partial charge in [0.2, 0.25) is 0 Å². The number of benzene rings is 3. The number of carboxylic acid groups (broad SMARTS) is 1. The molecule has 6 heteroatoms. The summed E-state index contributed by atoms with van der Waals surface area (Å²) in [6.07, 6.45) is 0. The van der Waals surface area contributed by atoms with Gasteiger partial charge in [0.15, 0.2) is 0 Å². The van der Waals surface area contributed by atoms with E-state index in [0.29, 0.717) is 23.2 Å². The van der Waals surface area contributed by atoms with E-state index in [1.165, 1.54) is 0 Å². The number of ether oxygens (including phenoxy) is 1. The van der Waals surface area contributed by atoms with Crippen LogP contribution in [0.1, 0.15) is 10.4 Å². The summed E-state index contributed by atoms with van der Waals surface area (Å²) in [7, 11) is 0. The van der Waals surface area contributed by atoms with Crippen molar-refractivity contribution in [3.8, 4) is 16.9 Å². The smallest absolute Gasteiger partial charge is 0.335 e. The lowest BCUT2D eigenvalue weighted by Gasteiger charge is -2.32. The van der Waals surface area contributed by atoms with E-state index in [0.717, 1.165) is 28.3 Å². The summed E-state index contributed by atoms with van der Waals surface area (Å²) in [6, 6.07) is 18.1. The molecular formula is C21H15Cl2NO3. The lowest BCUT2D eigenvalue weighted by molar-refractivity contribution is 0.0697. The van der Waals surface area contributed by atoms with Crippen LogP contribution >= 0.6 is 23.2 Å². The van der Waals surface area contributed by atoms with Gasteiger partial charge in [-0.1, -0.05) is 41.4 Å². The van der Waals surface area contributed by atoms with E-state index in [1.54, 1.807) is 30.3 Å². The molecule has 3 aromatic rings. The van der Waals surface area contributed by atoms with E-state index in [1.807, 2.05) is 30.3 Å². The largest absolute Gasteiger partial charge is 0.490 e. The fraction of sp³-hybridized carbons (Fsp3) is 0.0952. The van der Waals surface area contributed by atoms with Crippen LogP contribution in [0.2, 0.25) is 10.0 Å². The first kappa shape index (κ1) is 17.7. The molecule has 0 aliphatic carbocycles. The van der Waals surface area contributed by atoms with Gasteiger partial charge in [-0.3, -0.25) is 0 Å². The highest BCUT2D eigenvalue weighted by molar-refractivity contribution is 6.36. The third-order valence-corrected chi connectivity index (χ3v) is 5.00. The van der Waals surface area contributed by atoms with Crippen LogP contribution in [0, 0.1) is 0 Å². The van der Waals surface area contributed by atoms with Crippen LogP contribution in [-0.4, -0.2) is 24.2 Å². The van der Waals surface area contributed by atoms with Crippen molar-refractivity contribution in [1.82, 2.24) is 0 Å². The summed E-state index contributed by atoms with van der Waals surface area (Å²) in [6.45, 7) is 1.19. The van der Waals surface area contributed by atoms with Crippen molar-refractivity contribution in [1.29, 1.82) is 0 Å². The lowest BCUT2D eigenvalue weighted by Crippen LogP contribution is -2.28. The Hall–Kier alpha value is -2.69. The topological polar surface area (TPSA) is 49.8 Å². The second kappa shape index (κ2) is 7.14. The fourth-order valence-electron chi connectivity index (χ4n) is 3.18. The molecule has 3 aromatic carbocycles. The molecule has 1 N–H and O–H groups in total. The highest BCUT2D eigenvalue weighted by Gasteiger charge is 2.22. The van der Waals surface area contributed by atoms with Crippen molar-refractivity contribution in [3.63, 3.8) is 0 Å². The zero-order valence-electron chi connectivity index (χ0n) is 14.2. The van der Waals surface area contributed by atoms with E-state index >= 15 is 0 Å². The van der Waals surface area contributed by atoms with Crippen LogP contribution in [0.4, 0.5) is 11.4 Å². The van der Waals surface area contributed by atoms with Gasteiger partial charge in [-0.05, 0) is 53.6 Å². The predicted molar refractivity (Wildman–Crippen MR) is 108 cm³/mol. The van der Waals surface area contributed by atoms with Crippen LogP contribution in [-0.2, 0) is 0 Å². The maximum Gasteiger partial charge on any atom is 0.335 e. The number of carbonyl (C=O) groups is 1. The van der Waals surface area contributed by atoms with Crippen LogP contribution in [0.3, 0.4) is 0 Å². The molecular weight excluding hydrogens is 385 g/mol. The SMILES string of the molecule is O=C(O)c1cccc(-c2ccc3c(c2)N(c2ccc(Cl)cc2Cl)CCO3)c1. The Balaban J connectivity index is 1.80. The summed E-state index contributed by atoms with van der Waals surface area (Å²) < 4.78 is 5.79. The molecule has 0 bridgehead atoms. The molecule has 4 nitrogen and oxygen atoms in total. The molecule has 0 amide bonds. The summed E-state index contributed by atoms with van der Waals surface area (Å²) >= 11 is 12.4. The third-order valence-electron chi connectivity index (χ3n) is 4.47. The Labute approximate surface area is 166 Å². The first-order valence-electron chi connectivity index (χ1n) is 8.36. The van der Waals surface area contributed by atoms with E-state index < -0.39 is 5.97 Å². The van der Waals surface area contributed by atoms with Gasteiger partial charge in [0, 0.05) is 5.02 Å². The van der Waals surface area contributed by atoms with Crippen LogP contribution < -0.4 is 9.64 Å². The Morgan fingerprint density at radius 3 is 2.56 bits per heavy atom. The van der Waals surface area contributed by atoms with Crippen molar-refractivity contribution in [2.24, 2.45) is 0 Å². The lowest BCUT2D eigenvalue weighted by atomic mass is 10.0. The van der Waals surface area contributed by atoms with E-state index in [2.05, 4.69) is 4.90 Å². The number of hydrogen-bond donors (Lipinski definition) is 1. The number of anilines is 2. The predicted octanol–water partition coefficient (Wildman–Crippen LogP) is 5.89. The maximum atomic E-state index is 11.3. The molecule has 136 valence electrons. The Kier molecular flexibility index (Phi) is 4.68. The Bertz CT molecular complexity index is 1040. The highest BCUT2D eigenvalue weighted by atomic mass is 35.5. The average Bonchev–Trinajstić information content (AvgIpc) is 2.67. The van der Waals surface area contributed by atoms with Crippen molar-refractivity contribution in [2.45, 2.75) is 0 Å². The number of halogens is 2. The summed E-state index contributed by atoms with van der Waals surface area (Å²) in [5, 5.41) is 10.4. The molecule has 1 heterocycles. The molecule has 0 atom stereocenters. The molecule has 0 fully saturated rings. The maximum absolute atomic E-state index is 11.3. The number of nitrogens with zero attached hydrogens (tertiary/aromatic N) is 1. The van der Waals surface area contributed by atoms with E-state index in [9.17, 15) is 9.90 Å². The van der Waals surface area contributed by atoms with Gasteiger partial charge < -0.3 is 14.7 Å². The monoisotopic (exact) mass is 399 g/mol. The van der Waals surface area contributed by atoms with Crippen LogP contribution in [0.15, 0.2) is 60.7 Å². The fourth-order valence-corrected chi connectivity index (χ4v) is 3.69. The summed E-state index contributed by atoms with van der Waals surface area (Å²) in [5.41, 5.74) is 3.70. The first-order valence-corrected chi connectivity index (χ1v) is 9.12. The van der Waals surface area contributed by atoms with Gasteiger partial charge in [-0.15, -0.1) is 0 Å². The van der Waals surface area contributed by atoms with Gasteiger partial charge >= 0.3 is 5.97 Å². The van der Waals surface area contributed by atoms with Gasteiger partial charge in [-0.25, -0.2) is 4.79 Å². The molecule has 0 aromatic heterocycles. The van der Waals surface area contributed by atoms with Crippen LogP contribution in [0.5, 0.6) is 5.75 Å². The Morgan fingerprint density at radius 1 is 0.963 bits per heavy atom. The molecule has 27 heavy (non-hydrogen) atoms. The molecule has 4 rings (SSSR count). The van der Waals surface area contributed by atoms with Gasteiger partial charge in [-0.2, -0.15) is 0 Å². The van der Waals surface area contributed by atoms with Crippen LogP contribution in [0.25, 0.3) is 11.1 Å². The molecule has 0 saturated heterocycles.